The molecule has 2 aliphatic rings. The summed E-state index contributed by atoms with van der Waals surface area (Å²) in [6.45, 7) is 5.41. The molecule has 0 bridgehead atoms. The van der Waals surface area contributed by atoms with E-state index in [0.717, 1.165) is 24.9 Å². The second kappa shape index (κ2) is 9.57. The Hall–Kier alpha value is -1.08. The van der Waals surface area contributed by atoms with Gasteiger partial charge >= 0.3 is 0 Å². The van der Waals surface area contributed by atoms with Crippen LogP contribution in [0.5, 0.6) is 0 Å². The molecule has 1 aromatic carbocycles. The van der Waals surface area contributed by atoms with E-state index in [9.17, 15) is 0 Å². The van der Waals surface area contributed by atoms with Crippen molar-refractivity contribution in [2.45, 2.75) is 83.7 Å². The van der Waals surface area contributed by atoms with Gasteiger partial charge in [-0.2, -0.15) is 0 Å². The highest BCUT2D eigenvalue weighted by Gasteiger charge is 2.23. The minimum absolute atomic E-state index is 0.347. The monoisotopic (exact) mass is 340 g/mol. The maximum Gasteiger partial charge on any atom is 0.0756 e. The summed E-state index contributed by atoms with van der Waals surface area (Å²) in [7, 11) is 0. The second-order valence-electron chi connectivity index (χ2n) is 8.20. The number of rotatable bonds is 6. The molecule has 1 aliphatic heterocycles. The number of ether oxygens (including phenoxy) is 1. The van der Waals surface area contributed by atoms with E-state index in [0.29, 0.717) is 12.0 Å². The molecule has 1 heterocycles. The molecule has 1 nitrogen and oxygen atoms in total. The van der Waals surface area contributed by atoms with Gasteiger partial charge in [-0.15, -0.1) is 0 Å². The molecule has 0 aromatic heterocycles. The number of hydrogen-bond donors (Lipinski definition) is 0. The molecule has 0 spiro atoms. The highest BCUT2D eigenvalue weighted by Crippen LogP contribution is 2.33. The number of allylic oxidation sites excluding steroid dienone is 1. The summed E-state index contributed by atoms with van der Waals surface area (Å²) in [6, 6.07) is 9.15. The Morgan fingerprint density at radius 3 is 2.28 bits per heavy atom. The quantitative estimate of drug-likeness (QED) is 0.525. The summed E-state index contributed by atoms with van der Waals surface area (Å²) in [5, 5.41) is 0. The van der Waals surface area contributed by atoms with Crippen molar-refractivity contribution in [3.8, 4) is 0 Å². The van der Waals surface area contributed by atoms with Crippen LogP contribution >= 0.6 is 0 Å². The lowest BCUT2D eigenvalue weighted by Crippen LogP contribution is -2.23. The van der Waals surface area contributed by atoms with E-state index < -0.39 is 0 Å². The molecule has 2 atom stereocenters. The van der Waals surface area contributed by atoms with Crippen LogP contribution < -0.4 is 0 Å². The van der Waals surface area contributed by atoms with Gasteiger partial charge in [-0.3, -0.25) is 0 Å². The Bertz CT molecular complexity index is 514. The fourth-order valence-electron chi connectivity index (χ4n) is 4.57. The third kappa shape index (κ3) is 5.45. The average Bonchev–Trinajstić information content (AvgIpc) is 2.68. The van der Waals surface area contributed by atoms with Crippen LogP contribution in [-0.4, -0.2) is 12.7 Å². The third-order valence-electron chi connectivity index (χ3n) is 6.36. The van der Waals surface area contributed by atoms with Crippen LogP contribution in [0.1, 0.15) is 82.3 Å². The Morgan fingerprint density at radius 2 is 1.68 bits per heavy atom. The first-order valence-corrected chi connectivity index (χ1v) is 10.7. The van der Waals surface area contributed by atoms with Crippen molar-refractivity contribution in [2.24, 2.45) is 11.8 Å². The van der Waals surface area contributed by atoms with E-state index in [1.165, 1.54) is 62.5 Å². The molecule has 2 fully saturated rings. The predicted molar refractivity (Wildman–Crippen MR) is 107 cm³/mol. The lowest BCUT2D eigenvalue weighted by Gasteiger charge is -2.29. The van der Waals surface area contributed by atoms with Crippen LogP contribution in [0, 0.1) is 11.8 Å². The Labute approximate surface area is 154 Å². The van der Waals surface area contributed by atoms with Crippen molar-refractivity contribution in [3.05, 3.63) is 47.5 Å². The van der Waals surface area contributed by atoms with Crippen LogP contribution in [-0.2, 0) is 11.2 Å². The minimum Gasteiger partial charge on any atom is -0.374 e. The van der Waals surface area contributed by atoms with Crippen molar-refractivity contribution in [1.29, 1.82) is 0 Å². The SMILES string of the molecule is CCCC1CCC(C=CC2CCC(c3ccc(CC)cc3)CO2)CC1. The molecule has 0 radical (unpaired) electrons. The van der Waals surface area contributed by atoms with Gasteiger partial charge in [0.15, 0.2) is 0 Å². The molecule has 3 rings (SSSR count). The van der Waals surface area contributed by atoms with Crippen LogP contribution in [0.15, 0.2) is 36.4 Å². The van der Waals surface area contributed by atoms with E-state index >= 15 is 0 Å². The largest absolute Gasteiger partial charge is 0.374 e. The normalized spacial score (nSPS) is 30.6. The van der Waals surface area contributed by atoms with Crippen LogP contribution in [0.25, 0.3) is 0 Å². The molecule has 1 aliphatic carbocycles. The highest BCUT2D eigenvalue weighted by molar-refractivity contribution is 5.26. The second-order valence-corrected chi connectivity index (χ2v) is 8.20. The molecular formula is C24H36O. The molecule has 1 heteroatoms. The molecule has 2 unspecified atom stereocenters. The predicted octanol–water partition coefficient (Wildman–Crippen LogP) is 6.67. The van der Waals surface area contributed by atoms with Gasteiger partial charge in [-0.1, -0.05) is 63.1 Å². The molecule has 1 saturated heterocycles. The van der Waals surface area contributed by atoms with Crippen molar-refractivity contribution in [3.63, 3.8) is 0 Å². The summed E-state index contributed by atoms with van der Waals surface area (Å²) < 4.78 is 6.17. The van der Waals surface area contributed by atoms with Crippen LogP contribution in [0.4, 0.5) is 0 Å². The van der Waals surface area contributed by atoms with Crippen LogP contribution in [0.3, 0.4) is 0 Å². The highest BCUT2D eigenvalue weighted by atomic mass is 16.5. The Morgan fingerprint density at radius 1 is 0.920 bits per heavy atom. The molecule has 0 amide bonds. The first kappa shape index (κ1) is 18.7. The maximum absolute atomic E-state index is 6.17. The van der Waals surface area contributed by atoms with Crippen molar-refractivity contribution < 1.29 is 4.74 Å². The van der Waals surface area contributed by atoms with Gasteiger partial charge in [0.05, 0.1) is 12.7 Å². The lowest BCUT2D eigenvalue weighted by atomic mass is 9.80. The number of aryl methyl sites for hydroxylation is 1. The van der Waals surface area contributed by atoms with Gasteiger partial charge in [-0.05, 0) is 67.9 Å². The molecule has 25 heavy (non-hydrogen) atoms. The number of hydrogen-bond acceptors (Lipinski definition) is 1. The molecule has 1 saturated carbocycles. The number of benzene rings is 1. The van der Waals surface area contributed by atoms with E-state index in [-0.39, 0.29) is 0 Å². The van der Waals surface area contributed by atoms with E-state index in [4.69, 9.17) is 4.74 Å². The molecule has 0 N–H and O–H groups in total. The molecule has 138 valence electrons. The van der Waals surface area contributed by atoms with E-state index in [1.54, 1.807) is 0 Å². The van der Waals surface area contributed by atoms with Gasteiger partial charge in [0.25, 0.3) is 0 Å². The zero-order valence-electron chi connectivity index (χ0n) is 16.3. The summed E-state index contributed by atoms with van der Waals surface area (Å²) in [4.78, 5) is 0. The first-order valence-electron chi connectivity index (χ1n) is 10.7. The average molecular weight is 341 g/mol. The van der Waals surface area contributed by atoms with Crippen molar-refractivity contribution >= 4 is 0 Å². The maximum atomic E-state index is 6.17. The van der Waals surface area contributed by atoms with Gasteiger partial charge in [0.1, 0.15) is 0 Å². The fraction of sp³-hybridized carbons (Fsp3) is 0.667. The van der Waals surface area contributed by atoms with Crippen LogP contribution in [0.2, 0.25) is 0 Å². The third-order valence-corrected chi connectivity index (χ3v) is 6.36. The van der Waals surface area contributed by atoms with E-state index in [2.05, 4.69) is 50.3 Å². The topological polar surface area (TPSA) is 9.23 Å². The Balaban J connectivity index is 1.41. The zero-order valence-corrected chi connectivity index (χ0v) is 16.3. The van der Waals surface area contributed by atoms with Gasteiger partial charge in [0.2, 0.25) is 0 Å². The van der Waals surface area contributed by atoms with Crippen molar-refractivity contribution in [2.75, 3.05) is 6.61 Å². The lowest BCUT2D eigenvalue weighted by molar-refractivity contribution is 0.0323. The fourth-order valence-corrected chi connectivity index (χ4v) is 4.57. The summed E-state index contributed by atoms with van der Waals surface area (Å²) in [5.74, 6) is 2.39. The molecule has 1 aromatic rings. The summed E-state index contributed by atoms with van der Waals surface area (Å²) in [6.07, 6.45) is 17.2. The smallest absolute Gasteiger partial charge is 0.0756 e. The first-order chi connectivity index (χ1) is 12.3. The minimum atomic E-state index is 0.347. The van der Waals surface area contributed by atoms with Gasteiger partial charge in [0, 0.05) is 5.92 Å². The Kier molecular flexibility index (Phi) is 7.16. The summed E-state index contributed by atoms with van der Waals surface area (Å²) >= 11 is 0. The zero-order chi connectivity index (χ0) is 17.5. The van der Waals surface area contributed by atoms with Crippen molar-refractivity contribution in [1.82, 2.24) is 0 Å². The van der Waals surface area contributed by atoms with E-state index in [1.807, 2.05) is 0 Å². The van der Waals surface area contributed by atoms with Gasteiger partial charge in [-0.25, -0.2) is 0 Å². The summed E-state index contributed by atoms with van der Waals surface area (Å²) in [5.41, 5.74) is 2.88. The molecular weight excluding hydrogens is 304 g/mol. The van der Waals surface area contributed by atoms with Gasteiger partial charge < -0.3 is 4.74 Å². The standard InChI is InChI=1S/C24H36O/c1-3-5-20-6-8-21(9-7-20)12-16-24-17-15-23(18-25-24)22-13-10-19(4-2)11-14-22/h10-14,16,20-21,23-24H,3-9,15,17-18H2,1-2H3.